The first-order valence-electron chi connectivity index (χ1n) is 9.23. The van der Waals surface area contributed by atoms with Crippen molar-refractivity contribution in [1.82, 2.24) is 25.0 Å². The van der Waals surface area contributed by atoms with E-state index in [2.05, 4.69) is 20.4 Å². The zero-order chi connectivity index (χ0) is 19.2. The van der Waals surface area contributed by atoms with Crippen LogP contribution in [0.2, 0.25) is 0 Å². The van der Waals surface area contributed by atoms with Gasteiger partial charge in [0.2, 0.25) is 5.91 Å². The van der Waals surface area contributed by atoms with Gasteiger partial charge in [-0.05, 0) is 44.9 Å². The Labute approximate surface area is 156 Å². The largest absolute Gasteiger partial charge is 0.344 e. The van der Waals surface area contributed by atoms with Gasteiger partial charge in [-0.1, -0.05) is 18.0 Å². The molecule has 1 aromatic carbocycles. The van der Waals surface area contributed by atoms with E-state index in [-0.39, 0.29) is 17.6 Å². The Balaban J connectivity index is 1.69. The topological polar surface area (TPSA) is 106 Å². The van der Waals surface area contributed by atoms with Gasteiger partial charge in [0.15, 0.2) is 5.82 Å². The molecule has 8 nitrogen and oxygen atoms in total. The van der Waals surface area contributed by atoms with Crippen molar-refractivity contribution in [2.75, 3.05) is 0 Å². The summed E-state index contributed by atoms with van der Waals surface area (Å²) in [4.78, 5) is 31.2. The van der Waals surface area contributed by atoms with Crippen molar-refractivity contribution in [3.05, 3.63) is 34.5 Å². The molecular weight excluding hydrogens is 346 g/mol. The van der Waals surface area contributed by atoms with Gasteiger partial charge >= 0.3 is 5.69 Å². The zero-order valence-corrected chi connectivity index (χ0v) is 15.7. The highest BCUT2D eigenvalue weighted by molar-refractivity contribution is 5.80. The number of amides is 1. The van der Waals surface area contributed by atoms with Crippen molar-refractivity contribution >= 4 is 16.9 Å². The summed E-state index contributed by atoms with van der Waals surface area (Å²) in [5.41, 5.74) is 1.56. The standard InChI is InChI=1S/C19H23N5O3/c1-11(25)22-19(2,3)17-21-16(27-23-17)12-8-9-15-14(10-12)20-18(26)24(15)13-6-4-5-7-13/h8-10,13H,4-7H2,1-3H3,(H,20,26)(H,22,25). The van der Waals surface area contributed by atoms with Crippen molar-refractivity contribution < 1.29 is 9.32 Å². The normalized spacial score (nSPS) is 15.5. The number of nitrogens with zero attached hydrogens (tertiary/aromatic N) is 3. The molecular formula is C19H23N5O3. The smallest absolute Gasteiger partial charge is 0.326 e. The summed E-state index contributed by atoms with van der Waals surface area (Å²) < 4.78 is 7.26. The SMILES string of the molecule is CC(=O)NC(C)(C)c1noc(-c2ccc3c(c2)[nH]c(=O)n3C2CCCC2)n1. The number of carbonyl (C=O) groups is 1. The Morgan fingerprint density at radius 2 is 2.07 bits per heavy atom. The summed E-state index contributed by atoms with van der Waals surface area (Å²) in [6.45, 7) is 5.07. The molecule has 1 amide bonds. The molecule has 0 saturated heterocycles. The molecule has 27 heavy (non-hydrogen) atoms. The summed E-state index contributed by atoms with van der Waals surface area (Å²) >= 11 is 0. The van der Waals surface area contributed by atoms with Gasteiger partial charge in [0, 0.05) is 18.5 Å². The monoisotopic (exact) mass is 369 g/mol. The summed E-state index contributed by atoms with van der Waals surface area (Å²) in [5, 5.41) is 6.80. The second kappa shape index (κ2) is 6.37. The molecule has 1 fully saturated rings. The molecule has 1 aliphatic rings. The molecule has 0 aliphatic heterocycles. The molecule has 2 heterocycles. The van der Waals surface area contributed by atoms with Gasteiger partial charge in [-0.15, -0.1) is 0 Å². The second-order valence-electron chi connectivity index (χ2n) is 7.70. The molecule has 1 saturated carbocycles. The molecule has 2 aromatic heterocycles. The second-order valence-corrected chi connectivity index (χ2v) is 7.70. The molecule has 0 radical (unpaired) electrons. The third-order valence-corrected chi connectivity index (χ3v) is 5.13. The Kier molecular flexibility index (Phi) is 4.13. The molecule has 4 rings (SSSR count). The fourth-order valence-corrected chi connectivity index (χ4v) is 3.88. The van der Waals surface area contributed by atoms with E-state index in [1.807, 2.05) is 36.6 Å². The van der Waals surface area contributed by atoms with Gasteiger partial charge in [-0.2, -0.15) is 4.98 Å². The minimum Gasteiger partial charge on any atom is -0.344 e. The van der Waals surface area contributed by atoms with Crippen LogP contribution in [0.1, 0.15) is 58.3 Å². The van der Waals surface area contributed by atoms with Crippen LogP contribution in [0.4, 0.5) is 0 Å². The first kappa shape index (κ1) is 17.5. The van der Waals surface area contributed by atoms with Crippen molar-refractivity contribution in [3.8, 4) is 11.5 Å². The fourth-order valence-electron chi connectivity index (χ4n) is 3.88. The van der Waals surface area contributed by atoms with E-state index in [0.717, 1.165) is 42.3 Å². The number of fused-ring (bicyclic) bond motifs is 1. The number of aromatic nitrogens is 4. The summed E-state index contributed by atoms with van der Waals surface area (Å²) in [7, 11) is 0. The lowest BCUT2D eigenvalue weighted by molar-refractivity contribution is -0.120. The minimum atomic E-state index is -0.738. The van der Waals surface area contributed by atoms with Gasteiger partial charge in [0.05, 0.1) is 16.6 Å². The van der Waals surface area contributed by atoms with Crippen LogP contribution in [0.3, 0.4) is 0 Å². The van der Waals surface area contributed by atoms with E-state index in [1.54, 1.807) is 0 Å². The number of nitrogens with one attached hydrogen (secondary N) is 2. The predicted octanol–water partition coefficient (Wildman–Crippen LogP) is 2.87. The van der Waals surface area contributed by atoms with E-state index < -0.39 is 5.54 Å². The van der Waals surface area contributed by atoms with Gasteiger partial charge < -0.3 is 14.8 Å². The maximum atomic E-state index is 12.4. The van der Waals surface area contributed by atoms with Gasteiger partial charge in [-0.3, -0.25) is 9.36 Å². The van der Waals surface area contributed by atoms with E-state index in [9.17, 15) is 9.59 Å². The first-order valence-corrected chi connectivity index (χ1v) is 9.23. The number of hydrogen-bond acceptors (Lipinski definition) is 5. The molecule has 0 atom stereocenters. The fraction of sp³-hybridized carbons (Fsp3) is 0.474. The van der Waals surface area contributed by atoms with Crippen LogP contribution in [0.5, 0.6) is 0 Å². The quantitative estimate of drug-likeness (QED) is 0.735. The number of imidazole rings is 1. The number of rotatable bonds is 4. The lowest BCUT2D eigenvalue weighted by atomic mass is 10.1. The molecule has 142 valence electrons. The van der Waals surface area contributed by atoms with Crippen molar-refractivity contribution in [2.24, 2.45) is 0 Å². The highest BCUT2D eigenvalue weighted by Gasteiger charge is 2.28. The molecule has 0 spiro atoms. The summed E-state index contributed by atoms with van der Waals surface area (Å²) in [6.07, 6.45) is 4.41. The molecule has 1 aliphatic carbocycles. The molecule has 3 aromatic rings. The van der Waals surface area contributed by atoms with Crippen molar-refractivity contribution in [1.29, 1.82) is 0 Å². The maximum absolute atomic E-state index is 12.4. The zero-order valence-electron chi connectivity index (χ0n) is 15.7. The number of H-pyrrole nitrogens is 1. The van der Waals surface area contributed by atoms with Gasteiger partial charge in [0.25, 0.3) is 5.89 Å². The van der Waals surface area contributed by atoms with Crippen LogP contribution in [0, 0.1) is 0 Å². The van der Waals surface area contributed by atoms with Crippen LogP contribution in [-0.4, -0.2) is 25.6 Å². The molecule has 8 heteroatoms. The molecule has 2 N–H and O–H groups in total. The van der Waals surface area contributed by atoms with Crippen molar-refractivity contribution in [2.45, 2.75) is 58.0 Å². The van der Waals surface area contributed by atoms with E-state index in [0.29, 0.717) is 11.7 Å². The Hall–Kier alpha value is -2.90. The van der Waals surface area contributed by atoms with Crippen LogP contribution >= 0.6 is 0 Å². The lowest BCUT2D eigenvalue weighted by Crippen LogP contribution is -2.40. The minimum absolute atomic E-state index is 0.0768. The Bertz CT molecular complexity index is 1050. The maximum Gasteiger partial charge on any atom is 0.326 e. The van der Waals surface area contributed by atoms with E-state index in [4.69, 9.17) is 4.52 Å². The lowest BCUT2D eigenvalue weighted by Gasteiger charge is -2.20. The van der Waals surface area contributed by atoms with Gasteiger partial charge in [-0.25, -0.2) is 4.79 Å². The molecule has 0 unspecified atom stereocenters. The Morgan fingerprint density at radius 1 is 1.33 bits per heavy atom. The summed E-state index contributed by atoms with van der Waals surface area (Å²) in [5.74, 6) is 0.572. The third kappa shape index (κ3) is 3.15. The van der Waals surface area contributed by atoms with Crippen LogP contribution < -0.4 is 11.0 Å². The van der Waals surface area contributed by atoms with E-state index in [1.165, 1.54) is 6.92 Å². The first-order chi connectivity index (χ1) is 12.8. The van der Waals surface area contributed by atoms with Crippen LogP contribution in [0.25, 0.3) is 22.5 Å². The van der Waals surface area contributed by atoms with Gasteiger partial charge in [0.1, 0.15) is 0 Å². The Morgan fingerprint density at radius 3 is 2.78 bits per heavy atom. The third-order valence-electron chi connectivity index (χ3n) is 5.13. The predicted molar refractivity (Wildman–Crippen MR) is 100 cm³/mol. The van der Waals surface area contributed by atoms with Crippen LogP contribution in [-0.2, 0) is 10.3 Å². The van der Waals surface area contributed by atoms with E-state index >= 15 is 0 Å². The van der Waals surface area contributed by atoms with Crippen molar-refractivity contribution in [3.63, 3.8) is 0 Å². The average Bonchev–Trinajstić information content (AvgIpc) is 3.32. The highest BCUT2D eigenvalue weighted by atomic mass is 16.5. The highest BCUT2D eigenvalue weighted by Crippen LogP contribution is 2.32. The number of carbonyl (C=O) groups excluding carboxylic acids is 1. The number of aromatic amines is 1. The number of benzene rings is 1. The average molecular weight is 369 g/mol. The van der Waals surface area contributed by atoms with Crippen LogP contribution in [0.15, 0.2) is 27.5 Å². The summed E-state index contributed by atoms with van der Waals surface area (Å²) in [6, 6.07) is 5.92. The molecule has 0 bridgehead atoms. The number of hydrogen-bond donors (Lipinski definition) is 2.